The normalized spacial score (nSPS) is 22.4. The predicted molar refractivity (Wildman–Crippen MR) is 133 cm³/mol. The van der Waals surface area contributed by atoms with Crippen LogP contribution in [0.1, 0.15) is 37.8 Å². The minimum atomic E-state index is -1.12. The van der Waals surface area contributed by atoms with Gasteiger partial charge in [0, 0.05) is 18.0 Å². The molecule has 10 heteroatoms. The molecule has 10 nitrogen and oxygen atoms in total. The summed E-state index contributed by atoms with van der Waals surface area (Å²) >= 11 is 0. The first kappa shape index (κ1) is 28.2. The van der Waals surface area contributed by atoms with Crippen LogP contribution in [0.25, 0.3) is 0 Å². The van der Waals surface area contributed by atoms with Crippen molar-refractivity contribution in [1.29, 1.82) is 0 Å². The highest BCUT2D eigenvalue weighted by atomic mass is 16.6. The van der Waals surface area contributed by atoms with Crippen molar-refractivity contribution in [3.63, 3.8) is 0 Å². The molecule has 1 heterocycles. The number of Topliss-reactive ketones (excluding diaryl/α,β-unsaturated/α-hetero) is 1. The number of aliphatic hydroxyl groups excluding tert-OH is 2. The maximum absolute atomic E-state index is 13.1. The molecule has 4 atom stereocenters. The lowest BCUT2D eigenvalue weighted by Crippen LogP contribution is -2.53. The number of epoxide rings is 1. The van der Waals surface area contributed by atoms with Crippen LogP contribution in [0, 0.1) is 11.8 Å². The minimum Gasteiger partial charge on any atom is -0.493 e. The lowest BCUT2D eigenvalue weighted by atomic mass is 9.82. The molecular formula is C26H40N2O8. The van der Waals surface area contributed by atoms with Gasteiger partial charge in [-0.2, -0.15) is 0 Å². The second kappa shape index (κ2) is 12.2. The number of hydrogen-bond donors (Lipinski definition) is 4. The van der Waals surface area contributed by atoms with E-state index in [-0.39, 0.29) is 49.9 Å². The Kier molecular flexibility index (Phi) is 9.57. The number of nitrogens with one attached hydrogen (secondary N) is 2. The largest absolute Gasteiger partial charge is 0.493 e. The molecule has 2 aliphatic rings. The summed E-state index contributed by atoms with van der Waals surface area (Å²) in [6.07, 6.45) is 2.34. The van der Waals surface area contributed by atoms with Crippen molar-refractivity contribution in [2.45, 2.75) is 57.2 Å². The summed E-state index contributed by atoms with van der Waals surface area (Å²) < 4.78 is 21.8. The summed E-state index contributed by atoms with van der Waals surface area (Å²) in [7, 11) is 4.71. The summed E-state index contributed by atoms with van der Waals surface area (Å²) in [4.78, 5) is 26.0. The number of rotatable bonds is 14. The van der Waals surface area contributed by atoms with Gasteiger partial charge in [0.15, 0.2) is 22.9 Å². The van der Waals surface area contributed by atoms with Crippen molar-refractivity contribution in [3.05, 3.63) is 17.2 Å². The average Bonchev–Trinajstić information content (AvgIpc) is 3.69. The van der Waals surface area contributed by atoms with Gasteiger partial charge in [0.25, 0.3) is 0 Å². The highest BCUT2D eigenvalue weighted by molar-refractivity contribution is 5.94. The van der Waals surface area contributed by atoms with Crippen molar-refractivity contribution in [1.82, 2.24) is 10.6 Å². The molecule has 36 heavy (non-hydrogen) atoms. The zero-order chi connectivity index (χ0) is 26.5. The van der Waals surface area contributed by atoms with Crippen LogP contribution in [0.5, 0.6) is 17.2 Å². The maximum atomic E-state index is 13.1. The van der Waals surface area contributed by atoms with E-state index in [9.17, 15) is 19.8 Å². The van der Waals surface area contributed by atoms with Crippen molar-refractivity contribution < 1.29 is 38.7 Å². The Morgan fingerprint density at radius 1 is 1.17 bits per heavy atom. The predicted octanol–water partition coefficient (Wildman–Crippen LogP) is 0.629. The Morgan fingerprint density at radius 3 is 2.39 bits per heavy atom. The van der Waals surface area contributed by atoms with Crippen LogP contribution in [-0.2, 0) is 27.2 Å². The molecular weight excluding hydrogens is 468 g/mol. The number of ketones is 1. The number of carbonyl (C=O) groups excluding carboxylic acids is 2. The zero-order valence-corrected chi connectivity index (χ0v) is 21.9. The Labute approximate surface area is 212 Å². The monoisotopic (exact) mass is 508 g/mol. The molecule has 1 aromatic rings. The van der Waals surface area contributed by atoms with Gasteiger partial charge in [-0.25, -0.2) is 0 Å². The number of ether oxygens (including phenoxy) is 4. The van der Waals surface area contributed by atoms with E-state index in [4.69, 9.17) is 18.9 Å². The number of hydrogen-bond acceptors (Lipinski definition) is 9. The van der Waals surface area contributed by atoms with Gasteiger partial charge in [0.05, 0.1) is 53.2 Å². The van der Waals surface area contributed by atoms with Crippen LogP contribution in [0.2, 0.25) is 0 Å². The molecule has 1 aromatic carbocycles. The topological polar surface area (TPSA) is 139 Å². The van der Waals surface area contributed by atoms with Gasteiger partial charge >= 0.3 is 0 Å². The maximum Gasteiger partial charge on any atom is 0.223 e. The molecule has 1 saturated heterocycles. The van der Waals surface area contributed by atoms with Crippen LogP contribution in [0.4, 0.5) is 0 Å². The molecule has 1 amide bonds. The lowest BCUT2D eigenvalue weighted by Gasteiger charge is -2.29. The molecule has 1 fully saturated rings. The standard InChI is InChI=1S/C26H40N2O8/c1-15(2)8-20(24(31)26(13-30)14-36-26)27-11-18(12-29)28-25(32)16-6-7-19-17(9-16)10-21(33-3)23(35-5)22(19)34-4/h10,15-16,18,20,27,29-30H,6-9,11-14H2,1-5H3,(H,28,32)/t16-,18+,20-,26+/m0/s1. The second-order valence-corrected chi connectivity index (χ2v) is 10.0. The fourth-order valence-electron chi connectivity index (χ4n) is 4.87. The van der Waals surface area contributed by atoms with E-state index in [1.54, 1.807) is 21.3 Å². The molecule has 1 aliphatic carbocycles. The van der Waals surface area contributed by atoms with Crippen molar-refractivity contribution in [2.75, 3.05) is 47.7 Å². The van der Waals surface area contributed by atoms with E-state index in [0.717, 1.165) is 11.1 Å². The summed E-state index contributed by atoms with van der Waals surface area (Å²) in [5.41, 5.74) is 0.857. The van der Waals surface area contributed by atoms with Crippen LogP contribution in [-0.4, -0.2) is 87.3 Å². The number of carbonyl (C=O) groups is 2. The highest BCUT2D eigenvalue weighted by Gasteiger charge is 2.53. The Balaban J connectivity index is 1.64. The van der Waals surface area contributed by atoms with Crippen molar-refractivity contribution >= 4 is 11.7 Å². The molecule has 0 radical (unpaired) electrons. The Morgan fingerprint density at radius 2 is 1.86 bits per heavy atom. The van der Waals surface area contributed by atoms with E-state index < -0.39 is 17.7 Å². The number of fused-ring (bicyclic) bond motifs is 1. The Bertz CT molecular complexity index is 931. The molecule has 0 bridgehead atoms. The summed E-state index contributed by atoms with van der Waals surface area (Å²) in [6.45, 7) is 3.82. The average molecular weight is 509 g/mol. The van der Waals surface area contributed by atoms with Gasteiger partial charge in [-0.3, -0.25) is 9.59 Å². The van der Waals surface area contributed by atoms with Crippen LogP contribution in [0.15, 0.2) is 6.07 Å². The van der Waals surface area contributed by atoms with Crippen LogP contribution in [0.3, 0.4) is 0 Å². The van der Waals surface area contributed by atoms with E-state index in [0.29, 0.717) is 42.9 Å². The number of benzene rings is 1. The first-order valence-corrected chi connectivity index (χ1v) is 12.5. The summed E-state index contributed by atoms with van der Waals surface area (Å²) in [5, 5.41) is 25.6. The van der Waals surface area contributed by atoms with Gasteiger partial charge in [-0.1, -0.05) is 13.8 Å². The SMILES string of the molecule is COc1cc2c(c(OC)c1OC)CC[C@H](C(=O)N[C@@H](CO)CN[C@@H](CC(C)C)C(=O)[C@@]1(CO)CO1)C2. The number of aliphatic hydroxyl groups is 2. The summed E-state index contributed by atoms with van der Waals surface area (Å²) in [5.74, 6) is 1.33. The summed E-state index contributed by atoms with van der Waals surface area (Å²) in [6, 6.07) is 0.786. The van der Waals surface area contributed by atoms with E-state index >= 15 is 0 Å². The lowest BCUT2D eigenvalue weighted by molar-refractivity contribution is -0.128. The molecule has 4 N–H and O–H groups in total. The van der Waals surface area contributed by atoms with E-state index in [1.807, 2.05) is 19.9 Å². The van der Waals surface area contributed by atoms with Gasteiger partial charge in [-0.05, 0) is 43.2 Å². The molecule has 0 unspecified atom stereocenters. The fourth-order valence-corrected chi connectivity index (χ4v) is 4.87. The molecule has 0 spiro atoms. The fraction of sp³-hybridized carbons (Fsp3) is 0.692. The van der Waals surface area contributed by atoms with E-state index in [2.05, 4.69) is 10.6 Å². The van der Waals surface area contributed by atoms with Gasteiger partial charge in [0.1, 0.15) is 0 Å². The van der Waals surface area contributed by atoms with Crippen molar-refractivity contribution in [3.8, 4) is 17.2 Å². The zero-order valence-electron chi connectivity index (χ0n) is 21.9. The third-order valence-corrected chi connectivity index (χ3v) is 7.00. The molecule has 202 valence electrons. The molecule has 0 aromatic heterocycles. The third kappa shape index (κ3) is 6.11. The smallest absolute Gasteiger partial charge is 0.223 e. The number of amides is 1. The van der Waals surface area contributed by atoms with Gasteiger partial charge < -0.3 is 39.8 Å². The Hall–Kier alpha value is -2.40. The minimum absolute atomic E-state index is 0.153. The van der Waals surface area contributed by atoms with Gasteiger partial charge in [-0.15, -0.1) is 0 Å². The van der Waals surface area contributed by atoms with Crippen molar-refractivity contribution in [2.24, 2.45) is 11.8 Å². The number of methoxy groups -OCH3 is 3. The van der Waals surface area contributed by atoms with E-state index in [1.165, 1.54) is 0 Å². The van der Waals surface area contributed by atoms with Crippen LogP contribution >= 0.6 is 0 Å². The van der Waals surface area contributed by atoms with Crippen LogP contribution < -0.4 is 24.8 Å². The molecule has 0 saturated carbocycles. The first-order chi connectivity index (χ1) is 17.2. The molecule has 1 aliphatic heterocycles. The third-order valence-electron chi connectivity index (χ3n) is 7.00. The quantitative estimate of drug-likeness (QED) is 0.267. The second-order valence-electron chi connectivity index (χ2n) is 10.0. The molecule has 3 rings (SSSR count). The first-order valence-electron chi connectivity index (χ1n) is 12.5. The van der Waals surface area contributed by atoms with Gasteiger partial charge in [0.2, 0.25) is 11.7 Å². The highest BCUT2D eigenvalue weighted by Crippen LogP contribution is 2.45.